The summed E-state index contributed by atoms with van der Waals surface area (Å²) >= 11 is 6.12. The van der Waals surface area contributed by atoms with E-state index in [-0.39, 0.29) is 4.90 Å². The molecule has 0 aliphatic heterocycles. The summed E-state index contributed by atoms with van der Waals surface area (Å²) in [6.45, 7) is 4.55. The van der Waals surface area contributed by atoms with E-state index in [1.54, 1.807) is 6.07 Å². The van der Waals surface area contributed by atoms with E-state index >= 15 is 0 Å². The van der Waals surface area contributed by atoms with Crippen molar-refractivity contribution in [1.29, 1.82) is 0 Å². The van der Waals surface area contributed by atoms with Crippen molar-refractivity contribution in [3.8, 4) is 0 Å². The number of halogens is 1. The van der Waals surface area contributed by atoms with Gasteiger partial charge in [0.05, 0.1) is 15.6 Å². The number of sulfonamides is 1. The largest absolute Gasteiger partial charge is 0.381 e. The van der Waals surface area contributed by atoms with E-state index in [0.717, 1.165) is 25.7 Å². The van der Waals surface area contributed by atoms with Crippen LogP contribution in [-0.2, 0) is 10.0 Å². The summed E-state index contributed by atoms with van der Waals surface area (Å²) in [5.74, 6) is 0. The lowest BCUT2D eigenvalue weighted by atomic mass is 9.75. The molecule has 1 aromatic rings. The fourth-order valence-corrected chi connectivity index (χ4v) is 3.27. The third-order valence-corrected chi connectivity index (χ3v) is 5.21. The van der Waals surface area contributed by atoms with E-state index in [1.165, 1.54) is 12.1 Å². The molecule has 20 heavy (non-hydrogen) atoms. The van der Waals surface area contributed by atoms with Gasteiger partial charge in [0.2, 0.25) is 10.0 Å². The van der Waals surface area contributed by atoms with E-state index in [9.17, 15) is 8.42 Å². The van der Waals surface area contributed by atoms with Gasteiger partial charge in [0.1, 0.15) is 0 Å². The molecule has 0 spiro atoms. The first kappa shape index (κ1) is 15.6. The van der Waals surface area contributed by atoms with Gasteiger partial charge >= 0.3 is 0 Å². The van der Waals surface area contributed by atoms with E-state index < -0.39 is 10.0 Å². The molecule has 1 aliphatic rings. The van der Waals surface area contributed by atoms with Crippen LogP contribution in [-0.4, -0.2) is 14.5 Å². The number of nitrogens with one attached hydrogen (secondary N) is 1. The zero-order valence-corrected chi connectivity index (χ0v) is 13.4. The van der Waals surface area contributed by atoms with Crippen LogP contribution in [0.25, 0.3) is 0 Å². The van der Waals surface area contributed by atoms with E-state index in [1.807, 2.05) is 0 Å². The molecule has 6 heteroatoms. The Kier molecular flexibility index (Phi) is 4.33. The zero-order chi connectivity index (χ0) is 15.0. The maximum Gasteiger partial charge on any atom is 0.238 e. The Labute approximate surface area is 125 Å². The van der Waals surface area contributed by atoms with Crippen LogP contribution in [0.15, 0.2) is 23.1 Å². The van der Waals surface area contributed by atoms with Gasteiger partial charge in [-0.2, -0.15) is 0 Å². The maximum absolute atomic E-state index is 11.4. The minimum Gasteiger partial charge on any atom is -0.381 e. The Morgan fingerprint density at radius 3 is 2.45 bits per heavy atom. The molecule has 112 valence electrons. The highest BCUT2D eigenvalue weighted by molar-refractivity contribution is 7.89. The molecular formula is C14H21ClN2O2S. The number of anilines is 1. The fraction of sp³-hybridized carbons (Fsp3) is 0.571. The summed E-state index contributed by atoms with van der Waals surface area (Å²) < 4.78 is 22.8. The second-order valence-electron chi connectivity index (χ2n) is 6.27. The summed E-state index contributed by atoms with van der Waals surface area (Å²) in [5, 5.41) is 9.01. The fourth-order valence-electron chi connectivity index (χ4n) is 2.56. The second kappa shape index (κ2) is 5.54. The Morgan fingerprint density at radius 1 is 1.30 bits per heavy atom. The average Bonchev–Trinajstić information content (AvgIpc) is 2.33. The highest BCUT2D eigenvalue weighted by atomic mass is 35.5. The Hall–Kier alpha value is -0.780. The molecule has 0 amide bonds. The number of nitrogens with two attached hydrogens (primary N) is 1. The SMILES string of the molecule is CC1(C)CCC(Nc2cc(S(N)(=O)=O)ccc2Cl)CC1. The minimum atomic E-state index is -3.70. The molecule has 1 aromatic carbocycles. The molecule has 0 unspecified atom stereocenters. The monoisotopic (exact) mass is 316 g/mol. The van der Waals surface area contributed by atoms with Crippen LogP contribution < -0.4 is 10.5 Å². The third-order valence-electron chi connectivity index (χ3n) is 3.97. The number of rotatable bonds is 3. The lowest BCUT2D eigenvalue weighted by molar-refractivity contribution is 0.232. The third kappa shape index (κ3) is 3.87. The van der Waals surface area contributed by atoms with Crippen LogP contribution in [0.4, 0.5) is 5.69 Å². The van der Waals surface area contributed by atoms with Gasteiger partial charge in [-0.05, 0) is 49.3 Å². The maximum atomic E-state index is 11.4. The molecule has 2 rings (SSSR count). The number of primary sulfonamides is 1. The molecule has 0 saturated heterocycles. The van der Waals surface area contributed by atoms with Gasteiger partial charge in [-0.15, -0.1) is 0 Å². The lowest BCUT2D eigenvalue weighted by Gasteiger charge is -2.35. The first-order valence-electron chi connectivity index (χ1n) is 6.76. The molecule has 0 heterocycles. The van der Waals surface area contributed by atoms with Crippen molar-refractivity contribution in [2.24, 2.45) is 10.6 Å². The van der Waals surface area contributed by atoms with Crippen LogP contribution in [0, 0.1) is 5.41 Å². The molecule has 0 aromatic heterocycles. The molecule has 1 fully saturated rings. The van der Waals surface area contributed by atoms with Crippen molar-refractivity contribution in [2.75, 3.05) is 5.32 Å². The molecule has 0 radical (unpaired) electrons. The molecule has 3 N–H and O–H groups in total. The first-order chi connectivity index (χ1) is 9.17. The van der Waals surface area contributed by atoms with Gasteiger partial charge in [-0.1, -0.05) is 25.4 Å². The number of benzene rings is 1. The molecule has 4 nitrogen and oxygen atoms in total. The summed E-state index contributed by atoms with van der Waals surface area (Å²) in [6, 6.07) is 4.83. The molecular weight excluding hydrogens is 296 g/mol. The van der Waals surface area contributed by atoms with Crippen LogP contribution in [0.5, 0.6) is 0 Å². The van der Waals surface area contributed by atoms with E-state index in [0.29, 0.717) is 22.2 Å². The zero-order valence-electron chi connectivity index (χ0n) is 11.8. The van der Waals surface area contributed by atoms with E-state index in [2.05, 4.69) is 19.2 Å². The topological polar surface area (TPSA) is 72.2 Å². The van der Waals surface area contributed by atoms with Crippen molar-refractivity contribution < 1.29 is 8.42 Å². The van der Waals surface area contributed by atoms with E-state index in [4.69, 9.17) is 16.7 Å². The highest BCUT2D eigenvalue weighted by Crippen LogP contribution is 2.37. The predicted molar refractivity (Wildman–Crippen MR) is 82.5 cm³/mol. The quantitative estimate of drug-likeness (QED) is 0.898. The van der Waals surface area contributed by atoms with Crippen molar-refractivity contribution in [3.63, 3.8) is 0 Å². The Balaban J connectivity index is 2.14. The summed E-state index contributed by atoms with van der Waals surface area (Å²) in [4.78, 5) is 0.0838. The van der Waals surface area contributed by atoms with Crippen LogP contribution in [0.3, 0.4) is 0 Å². The Bertz CT molecular complexity index is 589. The highest BCUT2D eigenvalue weighted by Gasteiger charge is 2.27. The van der Waals surface area contributed by atoms with Gasteiger partial charge in [0.25, 0.3) is 0 Å². The van der Waals surface area contributed by atoms with Gasteiger partial charge < -0.3 is 5.32 Å². The average molecular weight is 317 g/mol. The summed E-state index contributed by atoms with van der Waals surface area (Å²) in [6.07, 6.45) is 4.42. The first-order valence-corrected chi connectivity index (χ1v) is 8.69. The molecule has 1 saturated carbocycles. The van der Waals surface area contributed by atoms with Gasteiger partial charge in [-0.3, -0.25) is 0 Å². The van der Waals surface area contributed by atoms with Gasteiger partial charge in [0, 0.05) is 6.04 Å². The van der Waals surface area contributed by atoms with Crippen molar-refractivity contribution in [2.45, 2.75) is 50.5 Å². The standard InChI is InChI=1S/C14H21ClN2O2S/c1-14(2)7-5-10(6-8-14)17-13-9-11(20(16,18)19)3-4-12(13)15/h3-4,9-10,17H,5-8H2,1-2H3,(H2,16,18,19). The second-order valence-corrected chi connectivity index (χ2v) is 8.24. The molecule has 0 bridgehead atoms. The van der Waals surface area contributed by atoms with Crippen molar-refractivity contribution >= 4 is 27.3 Å². The van der Waals surface area contributed by atoms with Gasteiger partial charge in [0.15, 0.2) is 0 Å². The molecule has 0 atom stereocenters. The predicted octanol–water partition coefficient (Wildman–Crippen LogP) is 3.37. The van der Waals surface area contributed by atoms with Crippen LogP contribution in [0.2, 0.25) is 5.02 Å². The van der Waals surface area contributed by atoms with Crippen LogP contribution >= 0.6 is 11.6 Å². The lowest BCUT2D eigenvalue weighted by Crippen LogP contribution is -2.30. The van der Waals surface area contributed by atoms with Crippen molar-refractivity contribution in [1.82, 2.24) is 0 Å². The summed E-state index contributed by atoms with van der Waals surface area (Å²) in [7, 11) is -3.70. The summed E-state index contributed by atoms with van der Waals surface area (Å²) in [5.41, 5.74) is 1.03. The number of hydrogen-bond acceptors (Lipinski definition) is 3. The van der Waals surface area contributed by atoms with Crippen molar-refractivity contribution in [3.05, 3.63) is 23.2 Å². The van der Waals surface area contributed by atoms with Crippen LogP contribution in [0.1, 0.15) is 39.5 Å². The normalized spacial score (nSPS) is 19.8. The Morgan fingerprint density at radius 2 is 1.90 bits per heavy atom. The molecule has 1 aliphatic carbocycles. The number of hydrogen-bond donors (Lipinski definition) is 2. The smallest absolute Gasteiger partial charge is 0.238 e. The van der Waals surface area contributed by atoms with Gasteiger partial charge in [-0.25, -0.2) is 13.6 Å². The minimum absolute atomic E-state index is 0.0838.